The number of nitrogens with two attached hydrogens (primary N) is 1. The highest BCUT2D eigenvalue weighted by molar-refractivity contribution is 6.07. The van der Waals surface area contributed by atoms with E-state index in [4.69, 9.17) is 10.5 Å². The number of nitrogens with one attached hydrogen (secondary N) is 3. The Hall–Kier alpha value is -3.55. The molecule has 0 aliphatic heterocycles. The Morgan fingerprint density at radius 2 is 1.58 bits per heavy atom. The lowest BCUT2D eigenvalue weighted by atomic mass is 9.91. The largest absolute Gasteiger partial charge is 0.439 e. The summed E-state index contributed by atoms with van der Waals surface area (Å²) in [6.45, 7) is 7.18. The third-order valence-corrected chi connectivity index (χ3v) is 5.79. The molecule has 0 aromatic heterocycles. The molecule has 3 rings (SSSR count). The average Bonchev–Trinajstić information content (AvgIpc) is 2.70. The van der Waals surface area contributed by atoms with E-state index in [0.29, 0.717) is 24.2 Å². The van der Waals surface area contributed by atoms with Crippen LogP contribution in [-0.2, 0) is 9.53 Å². The maximum Gasteiger partial charge on any atom is 0.323 e. The molecule has 0 heterocycles. The van der Waals surface area contributed by atoms with Gasteiger partial charge >= 0.3 is 12.0 Å². The summed E-state index contributed by atoms with van der Waals surface area (Å²) < 4.78 is 5.54. The Morgan fingerprint density at radius 3 is 2.18 bits per heavy atom. The molecule has 2 aromatic carbocycles. The molecule has 0 bridgehead atoms. The van der Waals surface area contributed by atoms with Crippen LogP contribution >= 0.6 is 0 Å². The summed E-state index contributed by atoms with van der Waals surface area (Å²) in [6, 6.07) is 8.15. The number of ether oxygens (including phenoxy) is 1. The number of carbonyl (C=O) groups excluding carboxylic acids is 3. The van der Waals surface area contributed by atoms with Gasteiger partial charge in [-0.1, -0.05) is 24.1 Å². The van der Waals surface area contributed by atoms with E-state index in [1.165, 1.54) is 13.0 Å². The molecule has 1 fully saturated rings. The summed E-state index contributed by atoms with van der Waals surface area (Å²) >= 11 is 0. The summed E-state index contributed by atoms with van der Waals surface area (Å²) in [4.78, 5) is 37.7. The molecule has 1 aliphatic rings. The molecule has 33 heavy (non-hydrogen) atoms. The molecular formula is C25H32N4O4. The van der Waals surface area contributed by atoms with Crippen molar-refractivity contribution in [2.24, 2.45) is 0 Å². The van der Waals surface area contributed by atoms with Crippen molar-refractivity contribution in [2.75, 3.05) is 16.4 Å². The van der Waals surface area contributed by atoms with Crippen LogP contribution < -0.4 is 21.7 Å². The number of hydrogen-bond donors (Lipinski definition) is 4. The van der Waals surface area contributed by atoms with Crippen molar-refractivity contribution < 1.29 is 19.1 Å². The van der Waals surface area contributed by atoms with Crippen LogP contribution in [0, 0.1) is 20.8 Å². The monoisotopic (exact) mass is 452 g/mol. The molecular weight excluding hydrogens is 420 g/mol. The van der Waals surface area contributed by atoms with Gasteiger partial charge in [0.15, 0.2) is 5.72 Å². The molecule has 0 radical (unpaired) electrons. The third-order valence-electron chi connectivity index (χ3n) is 5.79. The van der Waals surface area contributed by atoms with E-state index in [9.17, 15) is 14.4 Å². The van der Waals surface area contributed by atoms with Crippen molar-refractivity contribution in [1.82, 2.24) is 5.32 Å². The number of rotatable bonds is 5. The quantitative estimate of drug-likeness (QED) is 0.295. The predicted molar refractivity (Wildman–Crippen MR) is 129 cm³/mol. The molecule has 1 saturated carbocycles. The van der Waals surface area contributed by atoms with Crippen LogP contribution in [0.25, 0.3) is 0 Å². The molecule has 2 aromatic rings. The topological polar surface area (TPSA) is 123 Å². The maximum absolute atomic E-state index is 13.2. The van der Waals surface area contributed by atoms with E-state index in [1.807, 2.05) is 32.9 Å². The first-order valence-electron chi connectivity index (χ1n) is 11.2. The Kier molecular flexibility index (Phi) is 7.26. The second-order valence-corrected chi connectivity index (χ2v) is 8.76. The van der Waals surface area contributed by atoms with Gasteiger partial charge in [0.05, 0.1) is 11.3 Å². The van der Waals surface area contributed by atoms with Crippen LogP contribution in [0.1, 0.15) is 66.1 Å². The number of benzene rings is 2. The summed E-state index contributed by atoms with van der Waals surface area (Å²) in [7, 11) is 0. The fourth-order valence-corrected chi connectivity index (χ4v) is 4.43. The van der Waals surface area contributed by atoms with Crippen molar-refractivity contribution >= 4 is 35.0 Å². The van der Waals surface area contributed by atoms with Crippen molar-refractivity contribution in [3.8, 4) is 0 Å². The first kappa shape index (κ1) is 24.1. The second-order valence-electron chi connectivity index (χ2n) is 8.76. The zero-order valence-electron chi connectivity index (χ0n) is 19.6. The molecule has 0 unspecified atom stereocenters. The molecule has 5 N–H and O–H groups in total. The van der Waals surface area contributed by atoms with E-state index in [1.54, 1.807) is 12.1 Å². The van der Waals surface area contributed by atoms with Crippen LogP contribution in [0.5, 0.6) is 0 Å². The minimum atomic E-state index is -1.04. The first-order valence-corrected chi connectivity index (χ1v) is 11.2. The maximum atomic E-state index is 13.2. The highest BCUT2D eigenvalue weighted by Crippen LogP contribution is 2.31. The molecule has 0 atom stereocenters. The Labute approximate surface area is 194 Å². The highest BCUT2D eigenvalue weighted by Gasteiger charge is 2.37. The van der Waals surface area contributed by atoms with Crippen molar-refractivity contribution in [3.63, 3.8) is 0 Å². The van der Waals surface area contributed by atoms with Gasteiger partial charge in [0.2, 0.25) is 0 Å². The van der Waals surface area contributed by atoms with Crippen molar-refractivity contribution in [1.29, 1.82) is 0 Å². The van der Waals surface area contributed by atoms with Crippen molar-refractivity contribution in [2.45, 2.75) is 65.5 Å². The van der Waals surface area contributed by atoms with Crippen LogP contribution in [0.15, 0.2) is 30.3 Å². The third kappa shape index (κ3) is 6.03. The zero-order chi connectivity index (χ0) is 24.2. The molecule has 0 saturated heterocycles. The van der Waals surface area contributed by atoms with Crippen LogP contribution in [0.2, 0.25) is 0 Å². The highest BCUT2D eigenvalue weighted by atomic mass is 16.6. The summed E-state index contributed by atoms with van der Waals surface area (Å²) in [5.41, 5.74) is 9.47. The van der Waals surface area contributed by atoms with Gasteiger partial charge in [-0.3, -0.25) is 9.59 Å². The number of urea groups is 1. The van der Waals surface area contributed by atoms with Gasteiger partial charge in [-0.2, -0.15) is 0 Å². The zero-order valence-corrected chi connectivity index (χ0v) is 19.6. The number of carbonyl (C=O) groups is 3. The lowest BCUT2D eigenvalue weighted by Gasteiger charge is -2.37. The van der Waals surface area contributed by atoms with Gasteiger partial charge in [-0.25, -0.2) is 4.79 Å². The lowest BCUT2D eigenvalue weighted by molar-refractivity contribution is -0.163. The van der Waals surface area contributed by atoms with Crippen LogP contribution in [0.4, 0.5) is 21.9 Å². The van der Waals surface area contributed by atoms with Gasteiger partial charge in [0, 0.05) is 31.1 Å². The minimum Gasteiger partial charge on any atom is -0.439 e. The van der Waals surface area contributed by atoms with E-state index in [2.05, 4.69) is 16.0 Å². The second kappa shape index (κ2) is 9.94. The number of nitrogen functional groups attached to an aromatic ring is 1. The number of amides is 3. The van der Waals surface area contributed by atoms with Gasteiger partial charge in [-0.15, -0.1) is 0 Å². The lowest BCUT2D eigenvalue weighted by Crippen LogP contribution is -2.52. The van der Waals surface area contributed by atoms with Crippen molar-refractivity contribution in [3.05, 3.63) is 52.6 Å². The fourth-order valence-electron chi connectivity index (χ4n) is 4.43. The molecule has 3 amide bonds. The minimum absolute atomic E-state index is 0.230. The van der Waals surface area contributed by atoms with E-state index in [-0.39, 0.29) is 11.3 Å². The molecule has 176 valence electrons. The summed E-state index contributed by atoms with van der Waals surface area (Å²) in [5, 5.41) is 8.50. The van der Waals surface area contributed by atoms with Gasteiger partial charge < -0.3 is 26.4 Å². The Balaban J connectivity index is 1.82. The molecule has 0 spiro atoms. The van der Waals surface area contributed by atoms with E-state index < -0.39 is 23.6 Å². The summed E-state index contributed by atoms with van der Waals surface area (Å²) in [5.74, 6) is -0.896. The normalized spacial score (nSPS) is 14.8. The van der Waals surface area contributed by atoms with Gasteiger partial charge in [-0.05, 0) is 62.9 Å². The number of anilines is 3. The smallest absolute Gasteiger partial charge is 0.323 e. The fraction of sp³-hybridized carbons (Fsp3) is 0.400. The van der Waals surface area contributed by atoms with Gasteiger partial charge in [0.25, 0.3) is 5.91 Å². The first-order chi connectivity index (χ1) is 15.6. The molecule has 8 heteroatoms. The molecule has 1 aliphatic carbocycles. The number of aryl methyl sites for hydroxylation is 3. The SMILES string of the molecule is CC(=O)OC1(NC(=O)c2ccc(N)cc2NC(=O)Nc2c(C)cc(C)cc2C)CCCCC1. The number of hydrogen-bond acceptors (Lipinski definition) is 5. The average molecular weight is 453 g/mol. The van der Waals surface area contributed by atoms with Crippen LogP contribution in [-0.4, -0.2) is 23.6 Å². The number of esters is 1. The van der Waals surface area contributed by atoms with Crippen LogP contribution in [0.3, 0.4) is 0 Å². The van der Waals surface area contributed by atoms with Gasteiger partial charge in [0.1, 0.15) is 0 Å². The Morgan fingerprint density at radius 1 is 0.939 bits per heavy atom. The van der Waals surface area contributed by atoms with E-state index >= 15 is 0 Å². The standard InChI is InChI=1S/C25H32N4O4/c1-15-12-16(2)22(17(3)13-15)28-24(32)27-21-14-19(26)8-9-20(21)23(31)29-25(33-18(4)30)10-6-5-7-11-25/h8-9,12-14H,5-7,10-11,26H2,1-4H3,(H,29,31)(H2,27,28,32). The van der Waals surface area contributed by atoms with E-state index in [0.717, 1.165) is 36.0 Å². The predicted octanol–water partition coefficient (Wildman–Crippen LogP) is 4.79. The summed E-state index contributed by atoms with van der Waals surface area (Å²) in [6.07, 6.45) is 3.80. The molecule has 8 nitrogen and oxygen atoms in total. The Bertz CT molecular complexity index is 1050.